The van der Waals surface area contributed by atoms with Gasteiger partial charge in [-0.2, -0.15) is 0 Å². The molecule has 9 heteroatoms. The molecule has 0 unspecified atom stereocenters. The molecule has 0 aliphatic carbocycles. The molecular formula is C19H17N5O3S. The third-order valence-electron chi connectivity index (χ3n) is 4.76. The zero-order valence-corrected chi connectivity index (χ0v) is 16.1. The topological polar surface area (TPSA) is 90.9 Å². The van der Waals surface area contributed by atoms with E-state index in [1.807, 2.05) is 24.3 Å². The third-order valence-corrected chi connectivity index (χ3v) is 5.00. The molecule has 1 aliphatic rings. The van der Waals surface area contributed by atoms with Crippen LogP contribution in [0, 0.1) is 0 Å². The van der Waals surface area contributed by atoms with Crippen LogP contribution >= 0.6 is 12.2 Å². The van der Waals surface area contributed by atoms with Crippen molar-refractivity contribution in [2.45, 2.75) is 13.0 Å². The lowest BCUT2D eigenvalue weighted by Gasteiger charge is -2.07. The van der Waals surface area contributed by atoms with Gasteiger partial charge in [0.25, 0.3) is 5.56 Å². The van der Waals surface area contributed by atoms with Gasteiger partial charge in [-0.25, -0.2) is 9.78 Å². The number of nitrogens with one attached hydrogen (secondary N) is 1. The lowest BCUT2D eigenvalue weighted by atomic mass is 10.1. The van der Waals surface area contributed by atoms with Gasteiger partial charge in [0.1, 0.15) is 0 Å². The summed E-state index contributed by atoms with van der Waals surface area (Å²) in [5, 5.41) is 2.91. The van der Waals surface area contributed by atoms with Crippen LogP contribution in [-0.2, 0) is 25.4 Å². The van der Waals surface area contributed by atoms with Crippen molar-refractivity contribution < 1.29 is 4.79 Å². The summed E-state index contributed by atoms with van der Waals surface area (Å²) in [6.07, 6.45) is 3.58. The highest BCUT2D eigenvalue weighted by Gasteiger charge is 2.20. The number of benzene rings is 1. The number of allylic oxidation sites excluding steroid dienone is 1. The van der Waals surface area contributed by atoms with Gasteiger partial charge in [-0.15, -0.1) is 0 Å². The van der Waals surface area contributed by atoms with E-state index in [1.54, 1.807) is 24.0 Å². The number of carbonyl (C=O) groups is 1. The molecule has 1 N–H and O–H groups in total. The second-order valence-electron chi connectivity index (χ2n) is 6.70. The van der Waals surface area contributed by atoms with E-state index in [0.29, 0.717) is 28.4 Å². The molecule has 1 saturated heterocycles. The van der Waals surface area contributed by atoms with E-state index >= 15 is 0 Å². The molecule has 1 aromatic carbocycles. The summed E-state index contributed by atoms with van der Waals surface area (Å²) >= 11 is 5.02. The second kappa shape index (κ2) is 6.68. The summed E-state index contributed by atoms with van der Waals surface area (Å²) in [7, 11) is 3.04. The van der Waals surface area contributed by atoms with Gasteiger partial charge in [-0.3, -0.25) is 18.7 Å². The molecule has 2 aromatic heterocycles. The summed E-state index contributed by atoms with van der Waals surface area (Å²) < 4.78 is 4.16. The summed E-state index contributed by atoms with van der Waals surface area (Å²) in [5.74, 6) is -0.0135. The average Bonchev–Trinajstić information content (AvgIpc) is 3.22. The number of fused-ring (bicyclic) bond motifs is 1. The SMILES string of the molecule is Cn1c(=O)c2c(ncn2Cc2ccc(/C=C3\NC(=S)CC3=O)cc2)n(C)c1=O. The lowest BCUT2D eigenvalue weighted by Crippen LogP contribution is -2.37. The van der Waals surface area contributed by atoms with Crippen molar-refractivity contribution in [2.24, 2.45) is 14.1 Å². The molecule has 1 aliphatic heterocycles. The van der Waals surface area contributed by atoms with E-state index in [0.717, 1.165) is 15.7 Å². The molecule has 0 amide bonds. The average molecular weight is 395 g/mol. The number of ketones is 1. The molecule has 3 heterocycles. The Balaban J connectivity index is 1.65. The van der Waals surface area contributed by atoms with Crippen LogP contribution in [0.3, 0.4) is 0 Å². The van der Waals surface area contributed by atoms with Crippen molar-refractivity contribution in [3.63, 3.8) is 0 Å². The van der Waals surface area contributed by atoms with Crippen molar-refractivity contribution in [1.82, 2.24) is 24.0 Å². The number of aromatic nitrogens is 4. The highest BCUT2D eigenvalue weighted by atomic mass is 32.1. The molecular weight excluding hydrogens is 378 g/mol. The zero-order chi connectivity index (χ0) is 20.0. The van der Waals surface area contributed by atoms with Crippen LogP contribution in [0.5, 0.6) is 0 Å². The maximum atomic E-state index is 12.5. The number of nitrogens with zero attached hydrogens (tertiary/aromatic N) is 4. The van der Waals surface area contributed by atoms with Crippen molar-refractivity contribution in [2.75, 3.05) is 0 Å². The smallest absolute Gasteiger partial charge is 0.332 e. The van der Waals surface area contributed by atoms with Gasteiger partial charge in [-0.1, -0.05) is 36.5 Å². The molecule has 1 fully saturated rings. The summed E-state index contributed by atoms with van der Waals surface area (Å²) in [6, 6.07) is 7.63. The maximum absolute atomic E-state index is 12.5. The van der Waals surface area contributed by atoms with Crippen LogP contribution < -0.4 is 16.6 Å². The number of aryl methyl sites for hydroxylation is 1. The lowest BCUT2D eigenvalue weighted by molar-refractivity contribution is -0.114. The first kappa shape index (κ1) is 18.1. The first-order valence-corrected chi connectivity index (χ1v) is 9.00. The quantitative estimate of drug-likeness (QED) is 0.519. The molecule has 0 bridgehead atoms. The first-order chi connectivity index (χ1) is 13.3. The van der Waals surface area contributed by atoms with Gasteiger partial charge in [0.15, 0.2) is 16.9 Å². The Morgan fingerprint density at radius 3 is 2.50 bits per heavy atom. The minimum Gasteiger partial charge on any atom is -0.347 e. The molecule has 4 rings (SSSR count). The fraction of sp³-hybridized carbons (Fsp3) is 0.211. The Hall–Kier alpha value is -3.33. The molecule has 0 radical (unpaired) electrons. The zero-order valence-electron chi connectivity index (χ0n) is 15.3. The van der Waals surface area contributed by atoms with Crippen molar-refractivity contribution in [1.29, 1.82) is 0 Å². The molecule has 0 saturated carbocycles. The number of hydrogen-bond acceptors (Lipinski definition) is 5. The normalized spacial score (nSPS) is 15.6. The van der Waals surface area contributed by atoms with Crippen LogP contribution in [0.4, 0.5) is 0 Å². The van der Waals surface area contributed by atoms with Gasteiger partial charge in [0.05, 0.1) is 23.4 Å². The summed E-state index contributed by atoms with van der Waals surface area (Å²) in [6.45, 7) is 0.433. The van der Waals surface area contributed by atoms with Gasteiger partial charge in [0.2, 0.25) is 0 Å². The van der Waals surface area contributed by atoms with E-state index in [4.69, 9.17) is 12.2 Å². The van der Waals surface area contributed by atoms with Crippen molar-refractivity contribution in [3.05, 3.63) is 68.3 Å². The van der Waals surface area contributed by atoms with Crippen LogP contribution in [-0.4, -0.2) is 29.5 Å². The van der Waals surface area contributed by atoms with Gasteiger partial charge in [0, 0.05) is 20.6 Å². The Kier molecular flexibility index (Phi) is 4.31. The fourth-order valence-corrected chi connectivity index (χ4v) is 3.46. The van der Waals surface area contributed by atoms with Crippen LogP contribution in [0.2, 0.25) is 0 Å². The largest absolute Gasteiger partial charge is 0.347 e. The monoisotopic (exact) mass is 395 g/mol. The number of rotatable bonds is 3. The highest BCUT2D eigenvalue weighted by molar-refractivity contribution is 7.80. The van der Waals surface area contributed by atoms with Crippen molar-refractivity contribution >= 4 is 40.2 Å². The molecule has 0 spiro atoms. The number of thiocarbonyl (C=S) groups is 1. The van der Waals surface area contributed by atoms with Gasteiger partial charge in [-0.05, 0) is 17.2 Å². The number of Topliss-reactive ketones (excluding diaryl/α,β-unsaturated/α-hetero) is 1. The van der Waals surface area contributed by atoms with E-state index < -0.39 is 5.69 Å². The molecule has 0 atom stereocenters. The molecule has 28 heavy (non-hydrogen) atoms. The van der Waals surface area contributed by atoms with Gasteiger partial charge < -0.3 is 9.88 Å². The fourth-order valence-electron chi connectivity index (χ4n) is 3.22. The Bertz CT molecular complexity index is 1280. The number of imidazole rings is 1. The molecule has 8 nitrogen and oxygen atoms in total. The third kappa shape index (κ3) is 2.99. The predicted molar refractivity (Wildman–Crippen MR) is 109 cm³/mol. The van der Waals surface area contributed by atoms with Gasteiger partial charge >= 0.3 is 5.69 Å². The van der Waals surface area contributed by atoms with E-state index in [9.17, 15) is 14.4 Å². The van der Waals surface area contributed by atoms with Crippen LogP contribution in [0.1, 0.15) is 17.5 Å². The van der Waals surface area contributed by atoms with Crippen LogP contribution in [0.25, 0.3) is 17.2 Å². The first-order valence-electron chi connectivity index (χ1n) is 8.59. The minimum absolute atomic E-state index is 0.0135. The Morgan fingerprint density at radius 2 is 1.86 bits per heavy atom. The number of carbonyl (C=O) groups excluding carboxylic acids is 1. The van der Waals surface area contributed by atoms with Crippen LogP contribution in [0.15, 0.2) is 45.9 Å². The van der Waals surface area contributed by atoms with E-state index in [1.165, 1.54) is 11.6 Å². The second-order valence-corrected chi connectivity index (χ2v) is 7.19. The Morgan fingerprint density at radius 1 is 1.14 bits per heavy atom. The molecule has 142 valence electrons. The van der Waals surface area contributed by atoms with Crippen molar-refractivity contribution in [3.8, 4) is 0 Å². The highest BCUT2D eigenvalue weighted by Crippen LogP contribution is 2.15. The number of hydrogen-bond donors (Lipinski definition) is 1. The summed E-state index contributed by atoms with van der Waals surface area (Å²) in [5.41, 5.74) is 2.29. The Labute approximate surface area is 164 Å². The van der Waals surface area contributed by atoms with E-state index in [-0.39, 0.29) is 17.8 Å². The predicted octanol–water partition coefficient (Wildman–Crippen LogP) is 0.713. The summed E-state index contributed by atoms with van der Waals surface area (Å²) in [4.78, 5) is 41.1. The maximum Gasteiger partial charge on any atom is 0.332 e. The minimum atomic E-state index is -0.408. The molecule has 3 aromatic rings. The van der Waals surface area contributed by atoms with E-state index in [2.05, 4.69) is 10.3 Å². The standard InChI is InChI=1S/C19H17N5O3S/c1-22-17-16(18(26)23(2)19(22)27)24(10-20-17)9-12-5-3-11(4-6-12)7-13-14(25)8-15(28)21-13/h3-7,10H,8-9H2,1-2H3,(H,21,28)/b13-7-.